The van der Waals surface area contributed by atoms with Crippen molar-refractivity contribution in [3.63, 3.8) is 0 Å². The Morgan fingerprint density at radius 1 is 1.33 bits per heavy atom. The first-order valence-electron chi connectivity index (χ1n) is 6.52. The number of carbonyl (C=O) groups excluding carboxylic acids is 1. The third-order valence-electron chi connectivity index (χ3n) is 3.14. The van der Waals surface area contributed by atoms with Crippen LogP contribution in [0.5, 0.6) is 0 Å². The number of nitrogens with one attached hydrogen (secondary N) is 1. The zero-order valence-corrected chi connectivity index (χ0v) is 11.0. The van der Waals surface area contributed by atoms with Crippen molar-refractivity contribution in [1.82, 2.24) is 15.1 Å². The first kappa shape index (κ1) is 14.8. The van der Waals surface area contributed by atoms with Crippen LogP contribution in [0.25, 0.3) is 0 Å². The molecular weight excluding hydrogens is 234 g/mol. The highest BCUT2D eigenvalue weighted by atomic mass is 16.4. The van der Waals surface area contributed by atoms with E-state index in [-0.39, 0.29) is 12.5 Å². The number of rotatable bonds is 7. The molecule has 1 aliphatic rings. The van der Waals surface area contributed by atoms with Gasteiger partial charge in [-0.1, -0.05) is 0 Å². The molecule has 0 radical (unpaired) electrons. The van der Waals surface area contributed by atoms with Crippen LogP contribution in [0, 0.1) is 0 Å². The van der Waals surface area contributed by atoms with Gasteiger partial charge >= 0.3 is 12.0 Å². The number of hydrogen-bond acceptors (Lipinski definition) is 3. The summed E-state index contributed by atoms with van der Waals surface area (Å²) in [6, 6.07) is -0.125. The SMILES string of the molecule is CN(CCN1CCCC1)C(=O)NCCCC(=O)O. The van der Waals surface area contributed by atoms with E-state index in [4.69, 9.17) is 5.11 Å². The van der Waals surface area contributed by atoms with Crippen molar-refractivity contribution < 1.29 is 14.7 Å². The Morgan fingerprint density at radius 3 is 2.61 bits per heavy atom. The molecular formula is C12H23N3O3. The van der Waals surface area contributed by atoms with Gasteiger partial charge in [-0.3, -0.25) is 4.79 Å². The molecule has 0 spiro atoms. The molecule has 0 saturated carbocycles. The molecule has 1 rings (SSSR count). The summed E-state index contributed by atoms with van der Waals surface area (Å²) in [5.41, 5.74) is 0. The molecule has 0 unspecified atom stereocenters. The van der Waals surface area contributed by atoms with Gasteiger partial charge in [-0.15, -0.1) is 0 Å². The largest absolute Gasteiger partial charge is 0.481 e. The summed E-state index contributed by atoms with van der Waals surface area (Å²) in [6.45, 7) is 4.31. The van der Waals surface area contributed by atoms with Crippen LogP contribution in [0.15, 0.2) is 0 Å². The maximum atomic E-state index is 11.6. The van der Waals surface area contributed by atoms with Crippen LogP contribution < -0.4 is 5.32 Å². The van der Waals surface area contributed by atoms with E-state index in [1.165, 1.54) is 12.8 Å². The first-order valence-corrected chi connectivity index (χ1v) is 6.52. The summed E-state index contributed by atoms with van der Waals surface area (Å²) < 4.78 is 0. The van der Waals surface area contributed by atoms with Gasteiger partial charge in [0.25, 0.3) is 0 Å². The first-order chi connectivity index (χ1) is 8.59. The molecule has 0 aliphatic carbocycles. The number of likely N-dealkylation sites (tertiary alicyclic amines) is 1. The summed E-state index contributed by atoms with van der Waals surface area (Å²) in [4.78, 5) is 25.9. The van der Waals surface area contributed by atoms with Gasteiger partial charge in [0.2, 0.25) is 0 Å². The average Bonchev–Trinajstić information content (AvgIpc) is 2.84. The number of urea groups is 1. The van der Waals surface area contributed by atoms with Crippen LogP contribution in [0.2, 0.25) is 0 Å². The zero-order valence-electron chi connectivity index (χ0n) is 11.0. The van der Waals surface area contributed by atoms with E-state index in [1.807, 2.05) is 0 Å². The van der Waals surface area contributed by atoms with Gasteiger partial charge < -0.3 is 20.2 Å². The predicted molar refractivity (Wildman–Crippen MR) is 68.6 cm³/mol. The second kappa shape index (κ2) is 7.92. The number of amides is 2. The molecule has 1 aliphatic heterocycles. The van der Waals surface area contributed by atoms with Crippen LogP contribution in [-0.2, 0) is 4.79 Å². The van der Waals surface area contributed by atoms with Crippen molar-refractivity contribution >= 4 is 12.0 Å². The van der Waals surface area contributed by atoms with E-state index in [9.17, 15) is 9.59 Å². The highest BCUT2D eigenvalue weighted by molar-refractivity contribution is 5.73. The lowest BCUT2D eigenvalue weighted by Crippen LogP contribution is -2.41. The minimum Gasteiger partial charge on any atom is -0.481 e. The van der Waals surface area contributed by atoms with Crippen LogP contribution in [-0.4, -0.2) is 66.7 Å². The van der Waals surface area contributed by atoms with Gasteiger partial charge in [0.05, 0.1) is 0 Å². The number of likely N-dealkylation sites (N-methyl/N-ethyl adjacent to an activating group) is 1. The molecule has 0 atom stereocenters. The molecule has 1 saturated heterocycles. The van der Waals surface area contributed by atoms with E-state index in [0.717, 1.165) is 19.6 Å². The molecule has 0 bridgehead atoms. The summed E-state index contributed by atoms with van der Waals surface area (Å²) in [5.74, 6) is -0.827. The Morgan fingerprint density at radius 2 is 2.00 bits per heavy atom. The van der Waals surface area contributed by atoms with Crippen molar-refractivity contribution in [3.05, 3.63) is 0 Å². The van der Waals surface area contributed by atoms with Crippen LogP contribution in [0.1, 0.15) is 25.7 Å². The Balaban J connectivity index is 2.06. The number of aliphatic carboxylic acids is 1. The summed E-state index contributed by atoms with van der Waals surface area (Å²) in [7, 11) is 1.77. The van der Waals surface area contributed by atoms with Crippen molar-refractivity contribution in [2.45, 2.75) is 25.7 Å². The van der Waals surface area contributed by atoms with Crippen LogP contribution in [0.4, 0.5) is 4.79 Å². The van der Waals surface area contributed by atoms with Crippen LogP contribution in [0.3, 0.4) is 0 Å². The number of carbonyl (C=O) groups is 2. The van der Waals surface area contributed by atoms with Gasteiger partial charge in [-0.05, 0) is 32.4 Å². The minimum absolute atomic E-state index is 0.0950. The molecule has 1 fully saturated rings. The number of nitrogens with zero attached hydrogens (tertiary/aromatic N) is 2. The molecule has 6 nitrogen and oxygen atoms in total. The van der Waals surface area contributed by atoms with E-state index < -0.39 is 5.97 Å². The number of carboxylic acids is 1. The maximum Gasteiger partial charge on any atom is 0.317 e. The fourth-order valence-electron chi connectivity index (χ4n) is 1.97. The second-order valence-electron chi connectivity index (χ2n) is 4.70. The Hall–Kier alpha value is -1.30. The molecule has 18 heavy (non-hydrogen) atoms. The van der Waals surface area contributed by atoms with E-state index >= 15 is 0 Å². The van der Waals surface area contributed by atoms with Gasteiger partial charge in [0.1, 0.15) is 0 Å². The summed E-state index contributed by atoms with van der Waals surface area (Å²) in [5, 5.41) is 11.2. The molecule has 0 aromatic rings. The molecule has 1 heterocycles. The van der Waals surface area contributed by atoms with Crippen LogP contribution >= 0.6 is 0 Å². The summed E-state index contributed by atoms with van der Waals surface area (Å²) >= 11 is 0. The monoisotopic (exact) mass is 257 g/mol. The molecule has 0 aromatic heterocycles. The molecule has 104 valence electrons. The third kappa shape index (κ3) is 5.86. The minimum atomic E-state index is -0.827. The topological polar surface area (TPSA) is 72.9 Å². The van der Waals surface area contributed by atoms with Gasteiger partial charge in [0.15, 0.2) is 0 Å². The highest BCUT2D eigenvalue weighted by Crippen LogP contribution is 2.06. The molecule has 6 heteroatoms. The standard InChI is InChI=1S/C12H23N3O3/c1-14(9-10-15-7-2-3-8-15)12(18)13-6-4-5-11(16)17/h2-10H2,1H3,(H,13,18)(H,16,17). The number of carboxylic acid groups (broad SMARTS) is 1. The summed E-state index contributed by atoms with van der Waals surface area (Å²) in [6.07, 6.45) is 3.08. The predicted octanol–water partition coefficient (Wildman–Crippen LogP) is 0.588. The van der Waals surface area contributed by atoms with Crippen molar-refractivity contribution in [2.75, 3.05) is 39.8 Å². The fraction of sp³-hybridized carbons (Fsp3) is 0.833. The normalized spacial score (nSPS) is 15.6. The Bertz CT molecular complexity index is 278. The Kier molecular flexibility index (Phi) is 6.49. The third-order valence-corrected chi connectivity index (χ3v) is 3.14. The van der Waals surface area contributed by atoms with Crippen molar-refractivity contribution in [3.8, 4) is 0 Å². The fourth-order valence-corrected chi connectivity index (χ4v) is 1.97. The second-order valence-corrected chi connectivity index (χ2v) is 4.70. The molecule has 2 N–H and O–H groups in total. The van der Waals surface area contributed by atoms with E-state index in [0.29, 0.717) is 19.5 Å². The lowest BCUT2D eigenvalue weighted by molar-refractivity contribution is -0.137. The van der Waals surface area contributed by atoms with Gasteiger partial charge in [0, 0.05) is 33.1 Å². The highest BCUT2D eigenvalue weighted by Gasteiger charge is 2.13. The van der Waals surface area contributed by atoms with E-state index in [1.54, 1.807) is 11.9 Å². The van der Waals surface area contributed by atoms with E-state index in [2.05, 4.69) is 10.2 Å². The lowest BCUT2D eigenvalue weighted by atomic mass is 10.3. The quantitative estimate of drug-likeness (QED) is 0.655. The Labute approximate surface area is 108 Å². The molecule has 2 amide bonds. The lowest BCUT2D eigenvalue weighted by Gasteiger charge is -2.21. The average molecular weight is 257 g/mol. The zero-order chi connectivity index (χ0) is 13.4. The molecule has 0 aromatic carbocycles. The smallest absolute Gasteiger partial charge is 0.317 e. The number of hydrogen-bond donors (Lipinski definition) is 2. The maximum absolute atomic E-state index is 11.6. The van der Waals surface area contributed by atoms with Gasteiger partial charge in [-0.25, -0.2) is 4.79 Å². The van der Waals surface area contributed by atoms with Gasteiger partial charge in [-0.2, -0.15) is 0 Å². The van der Waals surface area contributed by atoms with Crippen molar-refractivity contribution in [2.24, 2.45) is 0 Å². The van der Waals surface area contributed by atoms with Crippen molar-refractivity contribution in [1.29, 1.82) is 0 Å².